The topological polar surface area (TPSA) is 76.3 Å². The molecule has 2 aromatic rings. The third-order valence-corrected chi connectivity index (χ3v) is 6.52. The number of anilines is 1. The highest BCUT2D eigenvalue weighted by Crippen LogP contribution is 2.26. The Hall–Kier alpha value is -1.31. The molecule has 7 heteroatoms. The van der Waals surface area contributed by atoms with Crippen molar-refractivity contribution in [1.29, 1.82) is 0 Å². The lowest BCUT2D eigenvalue weighted by molar-refractivity contribution is 0.424. The van der Waals surface area contributed by atoms with Crippen LogP contribution in [0.15, 0.2) is 35.2 Å². The van der Waals surface area contributed by atoms with Crippen molar-refractivity contribution in [2.24, 2.45) is 0 Å². The second kappa shape index (κ2) is 5.47. The Bertz CT molecular complexity index is 777. The Balaban J connectivity index is 2.00. The molecule has 1 atom stereocenters. The minimum absolute atomic E-state index is 0.320. The summed E-state index contributed by atoms with van der Waals surface area (Å²) in [5, 5.41) is 1.11. The van der Waals surface area contributed by atoms with Crippen LogP contribution in [0.3, 0.4) is 0 Å². The number of thioether (sulfide) groups is 1. The zero-order valence-corrected chi connectivity index (χ0v) is 13.3. The Labute approximate surface area is 128 Å². The molecule has 1 aromatic heterocycles. The van der Waals surface area contributed by atoms with E-state index in [1.165, 1.54) is 0 Å². The van der Waals surface area contributed by atoms with Gasteiger partial charge in [0.1, 0.15) is 5.82 Å². The molecule has 0 spiro atoms. The van der Waals surface area contributed by atoms with E-state index in [1.807, 2.05) is 11.8 Å². The van der Waals surface area contributed by atoms with Crippen LogP contribution in [0.1, 0.15) is 6.92 Å². The van der Waals surface area contributed by atoms with Gasteiger partial charge in [0.2, 0.25) is 10.0 Å². The first-order valence-electron chi connectivity index (χ1n) is 6.75. The van der Waals surface area contributed by atoms with Gasteiger partial charge in [-0.25, -0.2) is 13.4 Å². The van der Waals surface area contributed by atoms with Crippen molar-refractivity contribution in [1.82, 2.24) is 9.29 Å². The van der Waals surface area contributed by atoms with Gasteiger partial charge in [0, 0.05) is 29.5 Å². The van der Waals surface area contributed by atoms with Crippen molar-refractivity contribution in [3.05, 3.63) is 30.3 Å². The van der Waals surface area contributed by atoms with Crippen LogP contribution in [0.4, 0.5) is 5.82 Å². The number of nitrogen functional groups attached to an aromatic ring is 1. The number of fused-ring (bicyclic) bond motifs is 1. The van der Waals surface area contributed by atoms with Gasteiger partial charge >= 0.3 is 0 Å². The normalized spacial score (nSPS) is 20.7. The molecule has 1 aliphatic rings. The molecule has 3 rings (SSSR count). The number of nitrogens with two attached hydrogens (primary N) is 1. The molecule has 5 nitrogen and oxygen atoms in total. The van der Waals surface area contributed by atoms with Crippen molar-refractivity contribution < 1.29 is 8.42 Å². The van der Waals surface area contributed by atoms with E-state index in [1.54, 1.807) is 34.6 Å². The van der Waals surface area contributed by atoms with Gasteiger partial charge < -0.3 is 5.73 Å². The lowest BCUT2D eigenvalue weighted by Gasteiger charge is -2.29. The summed E-state index contributed by atoms with van der Waals surface area (Å²) < 4.78 is 27.0. The SMILES string of the molecule is CC1CN(S(=O)(=O)c2ccc3nc(N)ccc3c2)CCS1. The average Bonchev–Trinajstić information content (AvgIpc) is 2.46. The number of hydrogen-bond acceptors (Lipinski definition) is 5. The van der Waals surface area contributed by atoms with Gasteiger partial charge in [0.25, 0.3) is 0 Å². The molecule has 2 heterocycles. The molecule has 1 saturated heterocycles. The zero-order chi connectivity index (χ0) is 15.0. The summed E-state index contributed by atoms with van der Waals surface area (Å²) in [4.78, 5) is 4.51. The molecule has 1 aromatic carbocycles. The third-order valence-electron chi connectivity index (χ3n) is 3.52. The van der Waals surface area contributed by atoms with Gasteiger partial charge in [-0.05, 0) is 30.3 Å². The fourth-order valence-electron chi connectivity index (χ4n) is 2.43. The van der Waals surface area contributed by atoms with Crippen molar-refractivity contribution in [3.8, 4) is 0 Å². The zero-order valence-electron chi connectivity index (χ0n) is 11.7. The highest BCUT2D eigenvalue weighted by Gasteiger charge is 2.29. The van der Waals surface area contributed by atoms with Gasteiger partial charge in [0.15, 0.2) is 0 Å². The van der Waals surface area contributed by atoms with Gasteiger partial charge in [-0.1, -0.05) is 6.92 Å². The molecular formula is C14H17N3O2S2. The molecule has 2 N–H and O–H groups in total. The minimum atomic E-state index is -3.44. The molecule has 0 amide bonds. The largest absolute Gasteiger partial charge is 0.384 e. The van der Waals surface area contributed by atoms with E-state index in [9.17, 15) is 8.42 Å². The first-order chi connectivity index (χ1) is 9.96. The molecule has 1 aliphatic heterocycles. The third kappa shape index (κ3) is 2.86. The number of hydrogen-bond donors (Lipinski definition) is 1. The van der Waals surface area contributed by atoms with Gasteiger partial charge in [-0.15, -0.1) is 0 Å². The molecule has 1 unspecified atom stereocenters. The van der Waals surface area contributed by atoms with Crippen LogP contribution in [0.5, 0.6) is 0 Å². The number of aromatic nitrogens is 1. The summed E-state index contributed by atoms with van der Waals surface area (Å²) >= 11 is 1.81. The second-order valence-corrected chi connectivity index (χ2v) is 8.62. The van der Waals surface area contributed by atoms with E-state index in [4.69, 9.17) is 5.73 Å². The number of sulfonamides is 1. The average molecular weight is 323 g/mol. The molecule has 112 valence electrons. The van der Waals surface area contributed by atoms with Crippen LogP contribution in [-0.4, -0.2) is 41.8 Å². The lowest BCUT2D eigenvalue weighted by atomic mass is 10.2. The first kappa shape index (κ1) is 14.6. The molecular weight excluding hydrogens is 306 g/mol. The van der Waals surface area contributed by atoms with Gasteiger partial charge in [-0.2, -0.15) is 16.1 Å². The van der Waals surface area contributed by atoms with E-state index < -0.39 is 10.0 Å². The fourth-order valence-corrected chi connectivity index (χ4v) is 5.22. The maximum Gasteiger partial charge on any atom is 0.243 e. The van der Waals surface area contributed by atoms with Crippen molar-refractivity contribution in [2.75, 3.05) is 24.6 Å². The van der Waals surface area contributed by atoms with E-state index in [0.29, 0.717) is 34.6 Å². The predicted molar refractivity (Wildman–Crippen MR) is 86.8 cm³/mol. The van der Waals surface area contributed by atoms with Gasteiger partial charge in [0.05, 0.1) is 10.4 Å². The number of pyridine rings is 1. The van der Waals surface area contributed by atoms with Crippen LogP contribution in [0.2, 0.25) is 0 Å². The molecule has 0 saturated carbocycles. The van der Waals surface area contributed by atoms with E-state index in [2.05, 4.69) is 11.9 Å². The standard InChI is InChI=1S/C14H17N3O2S2/c1-10-9-17(6-7-20-10)21(18,19)12-3-4-13-11(8-12)2-5-14(15)16-13/h2-5,8,10H,6-7,9H2,1H3,(H2,15,16). The highest BCUT2D eigenvalue weighted by molar-refractivity contribution is 8.00. The molecule has 0 aliphatic carbocycles. The van der Waals surface area contributed by atoms with Crippen molar-refractivity contribution in [3.63, 3.8) is 0 Å². The Morgan fingerprint density at radius 3 is 2.90 bits per heavy atom. The Morgan fingerprint density at radius 2 is 2.14 bits per heavy atom. The predicted octanol–water partition coefficient (Wildman–Crippen LogP) is 1.94. The maximum atomic E-state index is 12.7. The quantitative estimate of drug-likeness (QED) is 0.914. The van der Waals surface area contributed by atoms with Crippen LogP contribution in [0.25, 0.3) is 10.9 Å². The van der Waals surface area contributed by atoms with Crippen LogP contribution >= 0.6 is 11.8 Å². The lowest BCUT2D eigenvalue weighted by Crippen LogP contribution is -2.40. The second-order valence-electron chi connectivity index (χ2n) is 5.14. The van der Waals surface area contributed by atoms with E-state index in [0.717, 1.165) is 11.1 Å². The van der Waals surface area contributed by atoms with Gasteiger partial charge in [-0.3, -0.25) is 0 Å². The van der Waals surface area contributed by atoms with Crippen LogP contribution in [0, 0.1) is 0 Å². The van der Waals surface area contributed by atoms with Crippen LogP contribution < -0.4 is 5.73 Å². The number of nitrogens with zero attached hydrogens (tertiary/aromatic N) is 2. The summed E-state index contributed by atoms with van der Waals surface area (Å²) in [5.41, 5.74) is 6.35. The summed E-state index contributed by atoms with van der Waals surface area (Å²) in [6.45, 7) is 3.18. The highest BCUT2D eigenvalue weighted by atomic mass is 32.2. The first-order valence-corrected chi connectivity index (χ1v) is 9.24. The van der Waals surface area contributed by atoms with E-state index >= 15 is 0 Å². The monoisotopic (exact) mass is 323 g/mol. The Morgan fingerprint density at radius 1 is 1.33 bits per heavy atom. The van der Waals surface area contributed by atoms with E-state index in [-0.39, 0.29) is 0 Å². The molecule has 0 bridgehead atoms. The number of benzene rings is 1. The van der Waals surface area contributed by atoms with Crippen LogP contribution in [-0.2, 0) is 10.0 Å². The summed E-state index contributed by atoms with van der Waals surface area (Å²) in [7, 11) is -3.44. The fraction of sp³-hybridized carbons (Fsp3) is 0.357. The minimum Gasteiger partial charge on any atom is -0.384 e. The molecule has 0 radical (unpaired) electrons. The summed E-state index contributed by atoms with van der Waals surface area (Å²) in [5.74, 6) is 1.27. The summed E-state index contributed by atoms with van der Waals surface area (Å²) in [6.07, 6.45) is 0. The number of rotatable bonds is 2. The molecule has 1 fully saturated rings. The summed E-state index contributed by atoms with van der Waals surface area (Å²) in [6, 6.07) is 8.46. The van der Waals surface area contributed by atoms with Crippen molar-refractivity contribution in [2.45, 2.75) is 17.1 Å². The Kier molecular flexibility index (Phi) is 3.81. The maximum absolute atomic E-state index is 12.7. The molecule has 21 heavy (non-hydrogen) atoms. The smallest absolute Gasteiger partial charge is 0.243 e. The van der Waals surface area contributed by atoms with Crippen molar-refractivity contribution >= 4 is 38.5 Å².